The van der Waals surface area contributed by atoms with Crippen molar-refractivity contribution in [3.63, 3.8) is 0 Å². The molecule has 0 amide bonds. The monoisotopic (exact) mass is 344 g/mol. The van der Waals surface area contributed by atoms with Crippen molar-refractivity contribution in [3.05, 3.63) is 41.2 Å². The maximum absolute atomic E-state index is 12.2. The van der Waals surface area contributed by atoms with Crippen LogP contribution in [0, 0.1) is 0 Å². The third-order valence-corrected chi connectivity index (χ3v) is 6.40. The Hall–Kier alpha value is -1.22. The SMILES string of the molecule is CC(CCc1ccco1)NS(=O)(=O)c1ccc(C(N)=S)s1. The summed E-state index contributed by atoms with van der Waals surface area (Å²) in [6.07, 6.45) is 2.94. The smallest absolute Gasteiger partial charge is 0.250 e. The lowest BCUT2D eigenvalue weighted by Gasteiger charge is -2.12. The summed E-state index contributed by atoms with van der Waals surface area (Å²) < 4.78 is 32.6. The second kappa shape index (κ2) is 6.69. The second-order valence-electron chi connectivity index (χ2n) is 4.62. The second-order valence-corrected chi connectivity index (χ2v) is 8.09. The number of nitrogens with one attached hydrogen (secondary N) is 1. The molecule has 114 valence electrons. The van der Waals surface area contributed by atoms with Crippen molar-refractivity contribution in [1.29, 1.82) is 0 Å². The van der Waals surface area contributed by atoms with Crippen LogP contribution < -0.4 is 10.5 Å². The molecule has 0 bridgehead atoms. The summed E-state index contributed by atoms with van der Waals surface area (Å²) >= 11 is 5.91. The molecule has 5 nitrogen and oxygen atoms in total. The number of nitrogens with two attached hydrogens (primary N) is 1. The molecular formula is C13H16N2O3S3. The quantitative estimate of drug-likeness (QED) is 0.753. The molecular weight excluding hydrogens is 328 g/mol. The Bertz CT molecular complexity index is 705. The van der Waals surface area contributed by atoms with Gasteiger partial charge >= 0.3 is 0 Å². The standard InChI is InChI=1S/C13H16N2O3S3/c1-9(4-5-10-3-2-8-18-10)15-21(16,17)12-7-6-11(20-12)13(14)19/h2-3,6-9,15H,4-5H2,1H3,(H2,14,19). The number of hydrogen-bond donors (Lipinski definition) is 2. The number of aryl methyl sites for hydroxylation is 1. The molecule has 0 spiro atoms. The molecule has 0 fully saturated rings. The van der Waals surface area contributed by atoms with Crippen LogP contribution in [0.2, 0.25) is 0 Å². The van der Waals surface area contributed by atoms with Crippen LogP contribution in [0.1, 0.15) is 24.0 Å². The zero-order chi connectivity index (χ0) is 15.5. The van der Waals surface area contributed by atoms with Gasteiger partial charge < -0.3 is 10.2 Å². The highest BCUT2D eigenvalue weighted by Crippen LogP contribution is 2.22. The van der Waals surface area contributed by atoms with Crippen molar-refractivity contribution in [2.24, 2.45) is 5.73 Å². The van der Waals surface area contributed by atoms with E-state index in [0.717, 1.165) is 17.1 Å². The Morgan fingerprint density at radius 3 is 2.81 bits per heavy atom. The van der Waals surface area contributed by atoms with E-state index in [1.165, 1.54) is 6.07 Å². The number of sulfonamides is 1. The van der Waals surface area contributed by atoms with Gasteiger partial charge in [-0.3, -0.25) is 0 Å². The van der Waals surface area contributed by atoms with Gasteiger partial charge in [0.2, 0.25) is 10.0 Å². The molecule has 0 saturated heterocycles. The third-order valence-electron chi connectivity index (χ3n) is 2.85. The molecule has 1 atom stereocenters. The molecule has 0 aliphatic carbocycles. The number of rotatable bonds is 7. The fourth-order valence-electron chi connectivity index (χ4n) is 1.79. The first-order chi connectivity index (χ1) is 9.88. The largest absolute Gasteiger partial charge is 0.469 e. The van der Waals surface area contributed by atoms with Crippen molar-refractivity contribution in [3.8, 4) is 0 Å². The van der Waals surface area contributed by atoms with Crippen LogP contribution in [0.3, 0.4) is 0 Å². The first-order valence-electron chi connectivity index (χ1n) is 6.33. The average molecular weight is 344 g/mol. The summed E-state index contributed by atoms with van der Waals surface area (Å²) in [5.41, 5.74) is 5.49. The highest BCUT2D eigenvalue weighted by Gasteiger charge is 2.20. The zero-order valence-electron chi connectivity index (χ0n) is 11.4. The molecule has 2 heterocycles. The molecule has 0 aromatic carbocycles. The van der Waals surface area contributed by atoms with Gasteiger partial charge in [0.1, 0.15) is 15.0 Å². The van der Waals surface area contributed by atoms with E-state index in [4.69, 9.17) is 22.4 Å². The van der Waals surface area contributed by atoms with E-state index in [1.807, 2.05) is 19.1 Å². The van der Waals surface area contributed by atoms with Crippen LogP contribution in [-0.2, 0) is 16.4 Å². The molecule has 0 saturated carbocycles. The van der Waals surface area contributed by atoms with Crippen LogP contribution in [0.15, 0.2) is 39.2 Å². The predicted octanol–water partition coefficient (Wildman–Crippen LogP) is 2.27. The van der Waals surface area contributed by atoms with Crippen LogP contribution in [0.5, 0.6) is 0 Å². The van der Waals surface area contributed by atoms with Gasteiger partial charge in [0, 0.05) is 12.5 Å². The summed E-state index contributed by atoms with van der Waals surface area (Å²) in [7, 11) is -3.54. The Balaban J connectivity index is 1.97. The van der Waals surface area contributed by atoms with Crippen molar-refractivity contribution in [2.75, 3.05) is 0 Å². The van der Waals surface area contributed by atoms with Crippen LogP contribution in [0.4, 0.5) is 0 Å². The van der Waals surface area contributed by atoms with E-state index in [-0.39, 0.29) is 15.2 Å². The van der Waals surface area contributed by atoms with Crippen LogP contribution in [0.25, 0.3) is 0 Å². The molecule has 3 N–H and O–H groups in total. The van der Waals surface area contributed by atoms with Crippen molar-refractivity contribution in [2.45, 2.75) is 30.0 Å². The first-order valence-corrected chi connectivity index (χ1v) is 9.03. The Labute approximate surface area is 133 Å². The molecule has 2 rings (SSSR count). The highest BCUT2D eigenvalue weighted by molar-refractivity contribution is 7.91. The number of hydrogen-bond acceptors (Lipinski definition) is 5. The number of furan rings is 1. The fourth-order valence-corrected chi connectivity index (χ4v) is 4.44. The van der Waals surface area contributed by atoms with Gasteiger partial charge in [-0.25, -0.2) is 13.1 Å². The Morgan fingerprint density at radius 2 is 2.24 bits per heavy atom. The molecule has 8 heteroatoms. The molecule has 2 aromatic rings. The topological polar surface area (TPSA) is 85.3 Å². The van der Waals surface area contributed by atoms with Crippen LogP contribution in [-0.4, -0.2) is 19.4 Å². The van der Waals surface area contributed by atoms with Crippen LogP contribution >= 0.6 is 23.6 Å². The predicted molar refractivity (Wildman–Crippen MR) is 87.0 cm³/mol. The summed E-state index contributed by atoms with van der Waals surface area (Å²) in [6.45, 7) is 1.82. The maximum atomic E-state index is 12.2. The zero-order valence-corrected chi connectivity index (χ0v) is 13.9. The number of thiophene rings is 1. The lowest BCUT2D eigenvalue weighted by molar-refractivity contribution is 0.480. The summed E-state index contributed by atoms with van der Waals surface area (Å²) in [6, 6.07) is 6.62. The minimum absolute atomic E-state index is 0.199. The highest BCUT2D eigenvalue weighted by atomic mass is 32.2. The van der Waals surface area contributed by atoms with Gasteiger partial charge in [-0.1, -0.05) is 12.2 Å². The Morgan fingerprint density at radius 1 is 1.48 bits per heavy atom. The lowest BCUT2D eigenvalue weighted by Crippen LogP contribution is -2.32. The van der Waals surface area contributed by atoms with E-state index >= 15 is 0 Å². The summed E-state index contributed by atoms with van der Waals surface area (Å²) in [5.74, 6) is 0.841. The van der Waals surface area contributed by atoms with Gasteiger partial charge in [-0.05, 0) is 37.6 Å². The molecule has 0 aliphatic rings. The van der Waals surface area contributed by atoms with E-state index < -0.39 is 10.0 Å². The van der Waals surface area contributed by atoms with Crippen molar-refractivity contribution < 1.29 is 12.8 Å². The number of thiocarbonyl (C=S) groups is 1. The van der Waals surface area contributed by atoms with E-state index in [1.54, 1.807) is 12.3 Å². The van der Waals surface area contributed by atoms with E-state index in [2.05, 4.69) is 4.72 Å². The van der Waals surface area contributed by atoms with E-state index in [0.29, 0.717) is 17.7 Å². The minimum atomic E-state index is -3.54. The molecule has 21 heavy (non-hydrogen) atoms. The van der Waals surface area contributed by atoms with Gasteiger partial charge in [-0.2, -0.15) is 0 Å². The lowest BCUT2D eigenvalue weighted by atomic mass is 10.2. The summed E-state index contributed by atoms with van der Waals surface area (Å²) in [4.78, 5) is 0.793. The minimum Gasteiger partial charge on any atom is -0.469 e. The average Bonchev–Trinajstić information content (AvgIpc) is 3.07. The third kappa shape index (κ3) is 4.37. The molecule has 0 radical (unpaired) electrons. The first kappa shape index (κ1) is 16.2. The summed E-state index contributed by atoms with van der Waals surface area (Å²) in [5, 5.41) is 0. The normalized spacial score (nSPS) is 13.2. The van der Waals surface area contributed by atoms with Crippen molar-refractivity contribution in [1.82, 2.24) is 4.72 Å². The maximum Gasteiger partial charge on any atom is 0.250 e. The Kier molecular flexibility index (Phi) is 5.15. The molecule has 0 aliphatic heterocycles. The van der Waals surface area contributed by atoms with Crippen molar-refractivity contribution >= 4 is 38.6 Å². The molecule has 1 unspecified atom stereocenters. The van der Waals surface area contributed by atoms with Gasteiger partial charge in [0.05, 0.1) is 11.1 Å². The molecule has 2 aromatic heterocycles. The van der Waals surface area contributed by atoms with Gasteiger partial charge in [0.15, 0.2) is 0 Å². The van der Waals surface area contributed by atoms with Gasteiger partial charge in [0.25, 0.3) is 0 Å². The van der Waals surface area contributed by atoms with E-state index in [9.17, 15) is 8.42 Å². The fraction of sp³-hybridized carbons (Fsp3) is 0.308. The van der Waals surface area contributed by atoms with Gasteiger partial charge in [-0.15, -0.1) is 11.3 Å².